The number of carbonyl (C=O) groups is 2. The average molecular weight is 340 g/mol. The second-order valence-corrected chi connectivity index (χ2v) is 8.03. The average Bonchev–Trinajstić information content (AvgIpc) is 2.89. The van der Waals surface area contributed by atoms with Crippen molar-refractivity contribution in [3.8, 4) is 0 Å². The lowest BCUT2D eigenvalue weighted by Gasteiger charge is -2.23. The maximum atomic E-state index is 13.2. The Morgan fingerprint density at radius 2 is 1.88 bits per heavy atom. The van der Waals surface area contributed by atoms with E-state index in [2.05, 4.69) is 17.4 Å². The number of rotatable bonds is 6. The highest BCUT2D eigenvalue weighted by atomic mass is 16.2. The number of carbonyl (C=O) groups excluding carboxylic acids is 2. The minimum atomic E-state index is -0.311. The van der Waals surface area contributed by atoms with Crippen LogP contribution in [0, 0.1) is 5.41 Å². The summed E-state index contributed by atoms with van der Waals surface area (Å²) in [5.74, 6) is 0.465. The molecule has 0 bridgehead atoms. The van der Waals surface area contributed by atoms with Crippen LogP contribution in [0.2, 0.25) is 0 Å². The molecule has 1 saturated heterocycles. The van der Waals surface area contributed by atoms with Gasteiger partial charge in [0.15, 0.2) is 0 Å². The SMILES string of the molecule is O=C1CCCN1CCCNC(=O)[C@]1(c2ccccc2)CC12CCCC2. The molecular formula is C21H28N2O2. The molecule has 1 aliphatic heterocycles. The minimum Gasteiger partial charge on any atom is -0.355 e. The van der Waals surface area contributed by atoms with E-state index >= 15 is 0 Å². The van der Waals surface area contributed by atoms with Crippen molar-refractivity contribution in [2.24, 2.45) is 5.41 Å². The van der Waals surface area contributed by atoms with Gasteiger partial charge < -0.3 is 10.2 Å². The Morgan fingerprint density at radius 3 is 2.56 bits per heavy atom. The molecule has 4 heteroatoms. The van der Waals surface area contributed by atoms with Crippen LogP contribution < -0.4 is 5.32 Å². The van der Waals surface area contributed by atoms with E-state index in [-0.39, 0.29) is 22.6 Å². The molecule has 0 unspecified atom stereocenters. The third kappa shape index (κ3) is 2.76. The summed E-state index contributed by atoms with van der Waals surface area (Å²) in [7, 11) is 0. The number of nitrogens with zero attached hydrogens (tertiary/aromatic N) is 1. The monoisotopic (exact) mass is 340 g/mol. The molecule has 1 aromatic rings. The van der Waals surface area contributed by atoms with Gasteiger partial charge in [-0.05, 0) is 43.1 Å². The van der Waals surface area contributed by atoms with Crippen LogP contribution in [0.1, 0.15) is 56.9 Å². The van der Waals surface area contributed by atoms with Crippen molar-refractivity contribution < 1.29 is 9.59 Å². The van der Waals surface area contributed by atoms with Gasteiger partial charge in [-0.3, -0.25) is 9.59 Å². The first-order chi connectivity index (χ1) is 12.2. The van der Waals surface area contributed by atoms with Crippen LogP contribution in [0.3, 0.4) is 0 Å². The Bertz CT molecular complexity index is 651. The fourth-order valence-corrected chi connectivity index (χ4v) is 5.27. The Labute approximate surface area is 150 Å². The largest absolute Gasteiger partial charge is 0.355 e. The van der Waals surface area contributed by atoms with E-state index in [9.17, 15) is 9.59 Å². The predicted octanol–water partition coefficient (Wildman–Crippen LogP) is 3.02. The van der Waals surface area contributed by atoms with Crippen LogP contribution in [-0.4, -0.2) is 36.3 Å². The molecule has 1 aromatic carbocycles. The lowest BCUT2D eigenvalue weighted by atomic mass is 9.84. The van der Waals surface area contributed by atoms with Gasteiger partial charge in [-0.2, -0.15) is 0 Å². The zero-order valence-electron chi connectivity index (χ0n) is 14.9. The smallest absolute Gasteiger partial charge is 0.231 e. The second kappa shape index (κ2) is 6.47. The van der Waals surface area contributed by atoms with Gasteiger partial charge in [0.1, 0.15) is 0 Å². The van der Waals surface area contributed by atoms with E-state index < -0.39 is 0 Å². The molecule has 1 heterocycles. The maximum Gasteiger partial charge on any atom is 0.231 e. The van der Waals surface area contributed by atoms with Crippen LogP contribution in [-0.2, 0) is 15.0 Å². The molecule has 1 spiro atoms. The Hall–Kier alpha value is -1.84. The van der Waals surface area contributed by atoms with Crippen LogP contribution in [0.15, 0.2) is 30.3 Å². The molecule has 134 valence electrons. The van der Waals surface area contributed by atoms with Gasteiger partial charge in [0, 0.05) is 26.1 Å². The molecule has 4 nitrogen and oxygen atoms in total. The van der Waals surface area contributed by atoms with Crippen molar-refractivity contribution in [1.29, 1.82) is 0 Å². The van der Waals surface area contributed by atoms with E-state index in [1.807, 2.05) is 23.1 Å². The van der Waals surface area contributed by atoms with Crippen LogP contribution >= 0.6 is 0 Å². The van der Waals surface area contributed by atoms with Gasteiger partial charge in [0.25, 0.3) is 0 Å². The molecule has 2 aliphatic carbocycles. The number of hydrogen-bond acceptors (Lipinski definition) is 2. The first-order valence-corrected chi connectivity index (χ1v) is 9.80. The van der Waals surface area contributed by atoms with Crippen molar-refractivity contribution in [2.45, 2.75) is 56.8 Å². The Morgan fingerprint density at radius 1 is 1.12 bits per heavy atom. The number of hydrogen-bond donors (Lipinski definition) is 1. The maximum absolute atomic E-state index is 13.2. The van der Waals surface area contributed by atoms with Gasteiger partial charge in [-0.1, -0.05) is 43.2 Å². The van der Waals surface area contributed by atoms with Crippen LogP contribution in [0.5, 0.6) is 0 Å². The summed E-state index contributed by atoms with van der Waals surface area (Å²) in [5, 5.41) is 3.20. The summed E-state index contributed by atoms with van der Waals surface area (Å²) in [6, 6.07) is 10.4. The van der Waals surface area contributed by atoms with E-state index in [4.69, 9.17) is 0 Å². The number of benzene rings is 1. The molecule has 3 fully saturated rings. The lowest BCUT2D eigenvalue weighted by molar-refractivity contribution is -0.127. The summed E-state index contributed by atoms with van der Waals surface area (Å²) in [6.45, 7) is 2.31. The molecular weight excluding hydrogens is 312 g/mol. The predicted molar refractivity (Wildman–Crippen MR) is 97.1 cm³/mol. The fraction of sp³-hybridized carbons (Fsp3) is 0.619. The van der Waals surface area contributed by atoms with Gasteiger partial charge in [0.2, 0.25) is 11.8 Å². The second-order valence-electron chi connectivity index (χ2n) is 8.03. The van der Waals surface area contributed by atoms with Crippen LogP contribution in [0.25, 0.3) is 0 Å². The molecule has 25 heavy (non-hydrogen) atoms. The number of likely N-dealkylation sites (tertiary alicyclic amines) is 1. The van der Waals surface area contributed by atoms with E-state index in [1.165, 1.54) is 31.2 Å². The highest BCUT2D eigenvalue weighted by Crippen LogP contribution is 2.72. The highest BCUT2D eigenvalue weighted by molar-refractivity contribution is 5.93. The molecule has 1 N–H and O–H groups in total. The van der Waals surface area contributed by atoms with Crippen molar-refractivity contribution in [2.75, 3.05) is 19.6 Å². The number of amides is 2. The molecule has 2 saturated carbocycles. The molecule has 2 amide bonds. The molecule has 4 rings (SSSR count). The van der Waals surface area contributed by atoms with Crippen molar-refractivity contribution in [3.63, 3.8) is 0 Å². The van der Waals surface area contributed by atoms with E-state index in [1.54, 1.807) is 0 Å². The molecule has 3 aliphatic rings. The Kier molecular flexibility index (Phi) is 4.30. The van der Waals surface area contributed by atoms with Crippen molar-refractivity contribution >= 4 is 11.8 Å². The first-order valence-electron chi connectivity index (χ1n) is 9.80. The standard InChI is InChI=1S/C21H28N2O2/c24-18-10-6-14-23(18)15-7-13-22-19(25)21(17-8-2-1-3-9-17)16-20(21)11-4-5-12-20/h1-3,8-9H,4-7,10-16H2,(H,22,25)/t21-/m1/s1. The third-order valence-electron chi connectivity index (χ3n) is 6.66. The molecule has 1 atom stereocenters. The number of nitrogens with one attached hydrogen (secondary N) is 1. The van der Waals surface area contributed by atoms with Crippen LogP contribution in [0.4, 0.5) is 0 Å². The Balaban J connectivity index is 1.39. The van der Waals surface area contributed by atoms with E-state index in [0.717, 1.165) is 32.4 Å². The zero-order valence-corrected chi connectivity index (χ0v) is 14.9. The lowest BCUT2D eigenvalue weighted by Crippen LogP contribution is -2.39. The first kappa shape index (κ1) is 16.6. The molecule has 0 aromatic heterocycles. The van der Waals surface area contributed by atoms with Gasteiger partial charge in [-0.15, -0.1) is 0 Å². The summed E-state index contributed by atoms with van der Waals surface area (Å²) in [6.07, 6.45) is 8.36. The fourth-order valence-electron chi connectivity index (χ4n) is 5.27. The third-order valence-corrected chi connectivity index (χ3v) is 6.66. The van der Waals surface area contributed by atoms with Gasteiger partial charge in [0.05, 0.1) is 5.41 Å². The van der Waals surface area contributed by atoms with Crippen molar-refractivity contribution in [3.05, 3.63) is 35.9 Å². The summed E-state index contributed by atoms with van der Waals surface area (Å²) in [4.78, 5) is 26.7. The summed E-state index contributed by atoms with van der Waals surface area (Å²) >= 11 is 0. The highest BCUT2D eigenvalue weighted by Gasteiger charge is 2.72. The quantitative estimate of drug-likeness (QED) is 0.809. The topological polar surface area (TPSA) is 49.4 Å². The summed E-state index contributed by atoms with van der Waals surface area (Å²) < 4.78 is 0. The molecule has 0 radical (unpaired) electrons. The summed E-state index contributed by atoms with van der Waals surface area (Å²) in [5.41, 5.74) is 1.07. The van der Waals surface area contributed by atoms with Gasteiger partial charge >= 0.3 is 0 Å². The zero-order chi connectivity index (χ0) is 17.3. The minimum absolute atomic E-state index is 0.198. The van der Waals surface area contributed by atoms with E-state index in [0.29, 0.717) is 13.0 Å². The van der Waals surface area contributed by atoms with Gasteiger partial charge in [-0.25, -0.2) is 0 Å². The normalized spacial score (nSPS) is 27.0. The van der Waals surface area contributed by atoms with Crippen molar-refractivity contribution in [1.82, 2.24) is 10.2 Å².